The average Bonchev–Trinajstić information content (AvgIpc) is 2.50. The first kappa shape index (κ1) is 15.8. The molecule has 3 nitrogen and oxygen atoms in total. The van der Waals surface area contributed by atoms with Gasteiger partial charge in [0.1, 0.15) is 0 Å². The van der Waals surface area contributed by atoms with Crippen LogP contribution in [0.3, 0.4) is 0 Å². The number of hydrogen-bond donors (Lipinski definition) is 1. The highest BCUT2D eigenvalue weighted by Crippen LogP contribution is 2.21. The number of esters is 1. The van der Waals surface area contributed by atoms with Crippen LogP contribution in [0, 0.1) is 0 Å². The normalized spacial score (nSPS) is 9.35. The molecule has 0 heterocycles. The SMILES string of the molecule is CC.CCOC(=O)c1ccc(-c2cccc(N)c2)cc1. The van der Waals surface area contributed by atoms with Crippen LogP contribution in [0.25, 0.3) is 11.1 Å². The van der Waals surface area contributed by atoms with Crippen molar-refractivity contribution in [2.24, 2.45) is 0 Å². The molecule has 0 aliphatic heterocycles. The summed E-state index contributed by atoms with van der Waals surface area (Å²) in [5.74, 6) is -0.295. The minimum absolute atomic E-state index is 0.295. The van der Waals surface area contributed by atoms with Gasteiger partial charge < -0.3 is 10.5 Å². The van der Waals surface area contributed by atoms with E-state index in [0.717, 1.165) is 16.8 Å². The lowest BCUT2D eigenvalue weighted by Crippen LogP contribution is -2.03. The highest BCUT2D eigenvalue weighted by molar-refractivity contribution is 5.90. The molecule has 0 aliphatic rings. The summed E-state index contributed by atoms with van der Waals surface area (Å²) in [5.41, 5.74) is 9.08. The molecule has 0 atom stereocenters. The van der Waals surface area contributed by atoms with Crippen LogP contribution in [0.2, 0.25) is 0 Å². The van der Waals surface area contributed by atoms with Gasteiger partial charge in [0.2, 0.25) is 0 Å². The Morgan fingerprint density at radius 2 is 1.70 bits per heavy atom. The number of carbonyl (C=O) groups is 1. The summed E-state index contributed by atoms with van der Waals surface area (Å²) in [6, 6.07) is 14.9. The van der Waals surface area contributed by atoms with Crippen molar-refractivity contribution >= 4 is 11.7 Å². The van der Waals surface area contributed by atoms with E-state index < -0.39 is 0 Å². The molecule has 0 aromatic heterocycles. The molecule has 0 amide bonds. The van der Waals surface area contributed by atoms with Gasteiger partial charge in [-0.1, -0.05) is 38.1 Å². The van der Waals surface area contributed by atoms with E-state index in [9.17, 15) is 4.79 Å². The number of ether oxygens (including phenoxy) is 1. The second-order valence-electron chi connectivity index (χ2n) is 3.92. The van der Waals surface area contributed by atoms with Crippen molar-refractivity contribution in [3.8, 4) is 11.1 Å². The largest absolute Gasteiger partial charge is 0.462 e. The summed E-state index contributed by atoms with van der Waals surface area (Å²) in [7, 11) is 0. The van der Waals surface area contributed by atoms with Crippen LogP contribution in [0.5, 0.6) is 0 Å². The van der Waals surface area contributed by atoms with E-state index in [4.69, 9.17) is 10.5 Å². The van der Waals surface area contributed by atoms with Gasteiger partial charge in [0, 0.05) is 5.69 Å². The van der Waals surface area contributed by atoms with E-state index in [1.54, 1.807) is 19.1 Å². The number of benzene rings is 2. The molecular weight excluding hydrogens is 250 g/mol. The molecular formula is C17H21NO2. The lowest BCUT2D eigenvalue weighted by atomic mass is 10.0. The van der Waals surface area contributed by atoms with Gasteiger partial charge >= 0.3 is 5.97 Å². The van der Waals surface area contributed by atoms with Crippen LogP contribution in [-0.2, 0) is 4.74 Å². The molecule has 0 saturated heterocycles. The standard InChI is InChI=1S/C15H15NO2.C2H6/c1-2-18-15(17)12-8-6-11(7-9-12)13-4-3-5-14(16)10-13;1-2/h3-10H,2,16H2,1H3;1-2H3. The summed E-state index contributed by atoms with van der Waals surface area (Å²) in [6.45, 7) is 6.18. The lowest BCUT2D eigenvalue weighted by molar-refractivity contribution is 0.0526. The van der Waals surface area contributed by atoms with Gasteiger partial charge in [0.15, 0.2) is 0 Å². The number of nitrogen functional groups attached to an aromatic ring is 1. The highest BCUT2D eigenvalue weighted by Gasteiger charge is 2.06. The summed E-state index contributed by atoms with van der Waals surface area (Å²) < 4.78 is 4.93. The van der Waals surface area contributed by atoms with Gasteiger partial charge in [0.25, 0.3) is 0 Å². The van der Waals surface area contributed by atoms with E-state index in [-0.39, 0.29) is 5.97 Å². The second kappa shape index (κ2) is 8.00. The Kier molecular flexibility index (Phi) is 6.30. The van der Waals surface area contributed by atoms with E-state index in [1.165, 1.54) is 0 Å². The number of rotatable bonds is 3. The number of hydrogen-bond acceptors (Lipinski definition) is 3. The van der Waals surface area contributed by atoms with Crippen LogP contribution >= 0.6 is 0 Å². The molecule has 106 valence electrons. The second-order valence-corrected chi connectivity index (χ2v) is 3.92. The molecule has 3 heteroatoms. The Bertz CT molecular complexity index is 547. The van der Waals surface area contributed by atoms with Crippen LogP contribution in [0.15, 0.2) is 48.5 Å². The van der Waals surface area contributed by atoms with E-state index in [0.29, 0.717) is 12.2 Å². The monoisotopic (exact) mass is 271 g/mol. The minimum Gasteiger partial charge on any atom is -0.462 e. The first-order valence-electron chi connectivity index (χ1n) is 6.84. The Labute approximate surface area is 120 Å². The van der Waals surface area contributed by atoms with Crippen LogP contribution in [0.4, 0.5) is 5.69 Å². The fourth-order valence-electron chi connectivity index (χ4n) is 1.73. The topological polar surface area (TPSA) is 52.3 Å². The third kappa shape index (κ3) is 4.12. The van der Waals surface area contributed by atoms with Gasteiger partial charge in [-0.15, -0.1) is 0 Å². The maximum Gasteiger partial charge on any atom is 0.338 e. The average molecular weight is 271 g/mol. The minimum atomic E-state index is -0.295. The molecule has 2 rings (SSSR count). The summed E-state index contributed by atoms with van der Waals surface area (Å²) >= 11 is 0. The fourth-order valence-corrected chi connectivity index (χ4v) is 1.73. The first-order chi connectivity index (χ1) is 9.70. The zero-order chi connectivity index (χ0) is 15.0. The molecule has 0 spiro atoms. The smallest absolute Gasteiger partial charge is 0.338 e. The van der Waals surface area contributed by atoms with Crippen LogP contribution < -0.4 is 5.73 Å². The zero-order valence-corrected chi connectivity index (χ0v) is 12.2. The summed E-state index contributed by atoms with van der Waals surface area (Å²) in [4.78, 5) is 11.5. The van der Waals surface area contributed by atoms with Crippen molar-refractivity contribution < 1.29 is 9.53 Å². The van der Waals surface area contributed by atoms with E-state index in [2.05, 4.69) is 0 Å². The summed E-state index contributed by atoms with van der Waals surface area (Å²) in [6.07, 6.45) is 0. The molecule has 0 radical (unpaired) electrons. The quantitative estimate of drug-likeness (QED) is 0.674. The molecule has 0 unspecified atom stereocenters. The maximum absolute atomic E-state index is 11.5. The third-order valence-electron chi connectivity index (χ3n) is 2.62. The van der Waals surface area contributed by atoms with Crippen molar-refractivity contribution in [3.63, 3.8) is 0 Å². The predicted molar refractivity (Wildman–Crippen MR) is 83.6 cm³/mol. The third-order valence-corrected chi connectivity index (χ3v) is 2.62. The highest BCUT2D eigenvalue weighted by atomic mass is 16.5. The molecule has 0 bridgehead atoms. The molecule has 20 heavy (non-hydrogen) atoms. The van der Waals surface area contributed by atoms with E-state index >= 15 is 0 Å². The zero-order valence-electron chi connectivity index (χ0n) is 12.2. The Morgan fingerprint density at radius 1 is 1.05 bits per heavy atom. The van der Waals surface area contributed by atoms with Crippen LogP contribution in [0.1, 0.15) is 31.1 Å². The molecule has 0 fully saturated rings. The lowest BCUT2D eigenvalue weighted by Gasteiger charge is -2.05. The van der Waals surface area contributed by atoms with Crippen molar-refractivity contribution in [3.05, 3.63) is 54.1 Å². The number of carbonyl (C=O) groups excluding carboxylic acids is 1. The van der Waals surface area contributed by atoms with Gasteiger partial charge in [-0.2, -0.15) is 0 Å². The number of anilines is 1. The number of nitrogens with two attached hydrogens (primary N) is 1. The van der Waals surface area contributed by atoms with Gasteiger partial charge in [-0.05, 0) is 42.3 Å². The van der Waals surface area contributed by atoms with Crippen molar-refractivity contribution in [1.82, 2.24) is 0 Å². The molecule has 0 aliphatic carbocycles. The Hall–Kier alpha value is -2.29. The van der Waals surface area contributed by atoms with Crippen LogP contribution in [-0.4, -0.2) is 12.6 Å². The molecule has 2 aromatic rings. The molecule has 2 aromatic carbocycles. The fraction of sp³-hybridized carbons (Fsp3) is 0.235. The van der Waals surface area contributed by atoms with Crippen molar-refractivity contribution in [1.29, 1.82) is 0 Å². The van der Waals surface area contributed by atoms with Gasteiger partial charge in [-0.3, -0.25) is 0 Å². The van der Waals surface area contributed by atoms with Gasteiger partial charge in [0.05, 0.1) is 12.2 Å². The Morgan fingerprint density at radius 3 is 2.25 bits per heavy atom. The van der Waals surface area contributed by atoms with E-state index in [1.807, 2.05) is 50.2 Å². The van der Waals surface area contributed by atoms with Crippen molar-refractivity contribution in [2.45, 2.75) is 20.8 Å². The molecule has 2 N–H and O–H groups in total. The maximum atomic E-state index is 11.5. The Balaban J connectivity index is 0.000000956. The molecule has 0 saturated carbocycles. The first-order valence-corrected chi connectivity index (χ1v) is 6.84. The van der Waals surface area contributed by atoms with Gasteiger partial charge in [-0.25, -0.2) is 4.79 Å². The van der Waals surface area contributed by atoms with Crippen molar-refractivity contribution in [2.75, 3.05) is 12.3 Å². The predicted octanol–water partition coefficient (Wildman–Crippen LogP) is 4.14. The summed E-state index contributed by atoms with van der Waals surface area (Å²) in [5, 5.41) is 0.